The van der Waals surface area contributed by atoms with Crippen molar-refractivity contribution in [1.29, 1.82) is 0 Å². The van der Waals surface area contributed by atoms with E-state index in [2.05, 4.69) is 15.6 Å². The molecule has 0 fully saturated rings. The summed E-state index contributed by atoms with van der Waals surface area (Å²) < 4.78 is 12.4. The molecule has 1 N–H and O–H groups in total. The molecule has 1 heterocycles. The number of anilines is 1. The largest absolute Gasteiger partial charge is 0.497 e. The Morgan fingerprint density at radius 1 is 1.15 bits per heavy atom. The number of benzene rings is 2. The summed E-state index contributed by atoms with van der Waals surface area (Å²) in [6.45, 7) is 6.14. The van der Waals surface area contributed by atoms with Crippen LogP contribution in [0.2, 0.25) is 0 Å². The van der Waals surface area contributed by atoms with Crippen LogP contribution in [-0.2, 0) is 0 Å². The molecule has 0 radical (unpaired) electrons. The molecular formula is C20H22N4O3. The van der Waals surface area contributed by atoms with Gasteiger partial charge >= 0.3 is 0 Å². The molecule has 7 nitrogen and oxygen atoms in total. The molecule has 2 aromatic carbocycles. The maximum Gasteiger partial charge on any atom is 0.278 e. The highest BCUT2D eigenvalue weighted by atomic mass is 16.5. The molecule has 140 valence electrons. The molecule has 0 aliphatic rings. The number of carbonyl (C=O) groups excluding carboxylic acids is 1. The SMILES string of the molecule is CCOc1cccc(C)c1NC(=O)c1nnn(-c2ccc(OC)cc2)c1C. The van der Waals surface area contributed by atoms with E-state index in [1.165, 1.54) is 0 Å². The minimum Gasteiger partial charge on any atom is -0.497 e. The van der Waals surface area contributed by atoms with E-state index in [1.54, 1.807) is 18.7 Å². The van der Waals surface area contributed by atoms with Crippen LogP contribution in [-0.4, -0.2) is 34.6 Å². The smallest absolute Gasteiger partial charge is 0.278 e. The molecule has 0 saturated heterocycles. The summed E-state index contributed by atoms with van der Waals surface area (Å²) in [4.78, 5) is 12.8. The molecule has 0 unspecified atom stereocenters. The lowest BCUT2D eigenvalue weighted by Gasteiger charge is -2.13. The van der Waals surface area contributed by atoms with Gasteiger partial charge in [0.2, 0.25) is 0 Å². The number of aromatic nitrogens is 3. The fraction of sp³-hybridized carbons (Fsp3) is 0.250. The van der Waals surface area contributed by atoms with E-state index in [0.717, 1.165) is 17.0 Å². The number of amides is 1. The number of para-hydroxylation sites is 1. The average molecular weight is 366 g/mol. The lowest BCUT2D eigenvalue weighted by molar-refractivity contribution is 0.102. The normalized spacial score (nSPS) is 10.5. The minimum absolute atomic E-state index is 0.261. The topological polar surface area (TPSA) is 78.3 Å². The zero-order valence-electron chi connectivity index (χ0n) is 15.8. The van der Waals surface area contributed by atoms with Crippen LogP contribution in [0.15, 0.2) is 42.5 Å². The highest BCUT2D eigenvalue weighted by Gasteiger charge is 2.19. The van der Waals surface area contributed by atoms with Gasteiger partial charge in [0.15, 0.2) is 5.69 Å². The summed E-state index contributed by atoms with van der Waals surface area (Å²) in [6, 6.07) is 13.0. The number of ether oxygens (including phenoxy) is 2. The molecule has 3 aromatic rings. The summed E-state index contributed by atoms with van der Waals surface area (Å²) in [5, 5.41) is 11.1. The first-order valence-electron chi connectivity index (χ1n) is 8.65. The highest BCUT2D eigenvalue weighted by Crippen LogP contribution is 2.28. The predicted octanol–water partition coefficient (Wildman–Crippen LogP) is 3.54. The van der Waals surface area contributed by atoms with Gasteiger partial charge in [-0.3, -0.25) is 4.79 Å². The van der Waals surface area contributed by atoms with Crippen molar-refractivity contribution in [1.82, 2.24) is 15.0 Å². The summed E-state index contributed by atoms with van der Waals surface area (Å²) in [6.07, 6.45) is 0. The van der Waals surface area contributed by atoms with E-state index in [-0.39, 0.29) is 11.6 Å². The second-order valence-electron chi connectivity index (χ2n) is 5.97. The van der Waals surface area contributed by atoms with Gasteiger partial charge in [-0.05, 0) is 56.7 Å². The molecule has 0 atom stereocenters. The van der Waals surface area contributed by atoms with Crippen LogP contribution >= 0.6 is 0 Å². The zero-order chi connectivity index (χ0) is 19.4. The standard InChI is InChI=1S/C20H22N4O3/c1-5-27-17-8-6-7-13(2)18(17)21-20(25)19-14(3)24(23-22-19)15-9-11-16(26-4)12-10-15/h6-12H,5H2,1-4H3,(H,21,25). The van der Waals surface area contributed by atoms with E-state index >= 15 is 0 Å². The van der Waals surface area contributed by atoms with Gasteiger partial charge in [0.05, 0.1) is 30.8 Å². The van der Waals surface area contributed by atoms with Gasteiger partial charge < -0.3 is 14.8 Å². The van der Waals surface area contributed by atoms with E-state index < -0.39 is 0 Å². The van der Waals surface area contributed by atoms with Crippen LogP contribution in [0.25, 0.3) is 5.69 Å². The molecule has 0 aliphatic carbocycles. The second kappa shape index (κ2) is 7.90. The Hall–Kier alpha value is -3.35. The first-order chi connectivity index (χ1) is 13.0. The third-order valence-corrected chi connectivity index (χ3v) is 4.20. The number of nitrogens with zero attached hydrogens (tertiary/aromatic N) is 3. The molecule has 0 saturated carbocycles. The average Bonchev–Trinajstić information content (AvgIpc) is 3.06. The third-order valence-electron chi connectivity index (χ3n) is 4.20. The Balaban J connectivity index is 1.88. The van der Waals surface area contributed by atoms with Gasteiger partial charge in [0.25, 0.3) is 5.91 Å². The van der Waals surface area contributed by atoms with Gasteiger partial charge in [-0.15, -0.1) is 5.10 Å². The molecule has 1 aromatic heterocycles. The van der Waals surface area contributed by atoms with Crippen molar-refractivity contribution < 1.29 is 14.3 Å². The van der Waals surface area contributed by atoms with E-state index in [1.807, 2.05) is 56.3 Å². The molecule has 0 aliphatic heterocycles. The van der Waals surface area contributed by atoms with Crippen LogP contribution in [0.1, 0.15) is 28.7 Å². The maximum atomic E-state index is 12.8. The molecular weight excluding hydrogens is 344 g/mol. The van der Waals surface area contributed by atoms with Gasteiger partial charge in [0.1, 0.15) is 11.5 Å². The summed E-state index contributed by atoms with van der Waals surface area (Å²) in [7, 11) is 1.61. The third kappa shape index (κ3) is 3.76. The van der Waals surface area contributed by atoms with Crippen LogP contribution in [0.3, 0.4) is 0 Å². The number of aryl methyl sites for hydroxylation is 1. The number of carbonyl (C=O) groups is 1. The zero-order valence-corrected chi connectivity index (χ0v) is 15.8. The molecule has 1 amide bonds. The monoisotopic (exact) mass is 366 g/mol. The Labute approximate surface area is 157 Å². The maximum absolute atomic E-state index is 12.8. The minimum atomic E-state index is -0.331. The van der Waals surface area contributed by atoms with Crippen molar-refractivity contribution in [3.8, 4) is 17.2 Å². The van der Waals surface area contributed by atoms with Crippen molar-refractivity contribution in [2.75, 3.05) is 19.0 Å². The summed E-state index contributed by atoms with van der Waals surface area (Å²) in [5.41, 5.74) is 3.25. The quantitative estimate of drug-likeness (QED) is 0.722. The van der Waals surface area contributed by atoms with Crippen molar-refractivity contribution >= 4 is 11.6 Å². The summed E-state index contributed by atoms with van der Waals surface area (Å²) >= 11 is 0. The van der Waals surface area contributed by atoms with Crippen LogP contribution in [0.5, 0.6) is 11.5 Å². The van der Waals surface area contributed by atoms with Gasteiger partial charge in [-0.1, -0.05) is 17.3 Å². The van der Waals surface area contributed by atoms with E-state index in [0.29, 0.717) is 23.7 Å². The van der Waals surface area contributed by atoms with Gasteiger partial charge in [0, 0.05) is 0 Å². The molecule has 27 heavy (non-hydrogen) atoms. The first kappa shape index (κ1) is 18.4. The Morgan fingerprint density at radius 3 is 2.56 bits per heavy atom. The van der Waals surface area contributed by atoms with Crippen molar-refractivity contribution in [2.24, 2.45) is 0 Å². The predicted molar refractivity (Wildman–Crippen MR) is 103 cm³/mol. The molecule has 7 heteroatoms. The summed E-state index contributed by atoms with van der Waals surface area (Å²) in [5.74, 6) is 1.05. The lowest BCUT2D eigenvalue weighted by Crippen LogP contribution is -2.16. The van der Waals surface area contributed by atoms with Crippen LogP contribution < -0.4 is 14.8 Å². The van der Waals surface area contributed by atoms with Gasteiger partial charge in [-0.25, -0.2) is 4.68 Å². The number of hydrogen-bond acceptors (Lipinski definition) is 5. The highest BCUT2D eigenvalue weighted by molar-refractivity contribution is 6.04. The number of hydrogen-bond donors (Lipinski definition) is 1. The number of nitrogens with one attached hydrogen (secondary N) is 1. The first-order valence-corrected chi connectivity index (χ1v) is 8.65. The Bertz CT molecular complexity index is 948. The van der Waals surface area contributed by atoms with E-state index in [4.69, 9.17) is 9.47 Å². The molecule has 0 spiro atoms. The number of rotatable bonds is 6. The van der Waals surface area contributed by atoms with Crippen LogP contribution in [0, 0.1) is 13.8 Å². The molecule has 3 rings (SSSR count). The fourth-order valence-corrected chi connectivity index (χ4v) is 2.76. The van der Waals surface area contributed by atoms with Crippen molar-refractivity contribution in [3.05, 3.63) is 59.4 Å². The van der Waals surface area contributed by atoms with Crippen LogP contribution in [0.4, 0.5) is 5.69 Å². The molecule has 0 bridgehead atoms. The van der Waals surface area contributed by atoms with Gasteiger partial charge in [-0.2, -0.15) is 0 Å². The van der Waals surface area contributed by atoms with E-state index in [9.17, 15) is 4.79 Å². The number of methoxy groups -OCH3 is 1. The van der Waals surface area contributed by atoms with Crippen molar-refractivity contribution in [3.63, 3.8) is 0 Å². The Kier molecular flexibility index (Phi) is 5.40. The fourth-order valence-electron chi connectivity index (χ4n) is 2.76. The second-order valence-corrected chi connectivity index (χ2v) is 5.97. The lowest BCUT2D eigenvalue weighted by atomic mass is 10.1. The Morgan fingerprint density at radius 2 is 1.89 bits per heavy atom. The van der Waals surface area contributed by atoms with Crippen molar-refractivity contribution in [2.45, 2.75) is 20.8 Å².